The maximum absolute atomic E-state index is 12.3. The summed E-state index contributed by atoms with van der Waals surface area (Å²) in [6.07, 6.45) is 4.35. The molecule has 26 heavy (non-hydrogen) atoms. The van der Waals surface area contributed by atoms with E-state index in [0.717, 1.165) is 24.8 Å². The van der Waals surface area contributed by atoms with E-state index in [4.69, 9.17) is 0 Å². The molecule has 1 N–H and O–H groups in total. The average molecular weight is 347 g/mol. The molecule has 2 aromatic heterocycles. The highest BCUT2D eigenvalue weighted by atomic mass is 16.2. The van der Waals surface area contributed by atoms with Crippen molar-refractivity contribution in [3.05, 3.63) is 70.8 Å². The number of benzene rings is 1. The Morgan fingerprint density at radius 3 is 2.81 bits per heavy atom. The molecule has 132 valence electrons. The van der Waals surface area contributed by atoms with Crippen LogP contribution in [0.2, 0.25) is 0 Å². The first-order valence-corrected chi connectivity index (χ1v) is 8.96. The third-order valence-corrected chi connectivity index (χ3v) is 5.30. The molecule has 1 saturated carbocycles. The number of aromatic nitrogens is 3. The first-order chi connectivity index (χ1) is 12.7. The zero-order chi connectivity index (χ0) is 18.0. The summed E-state index contributed by atoms with van der Waals surface area (Å²) in [5, 5.41) is 17.6. The number of hydrogen-bond donors (Lipinski definition) is 1. The summed E-state index contributed by atoms with van der Waals surface area (Å²) in [5.41, 5.74) is 1.23. The summed E-state index contributed by atoms with van der Waals surface area (Å²) >= 11 is 0. The molecule has 0 saturated heterocycles. The molecule has 0 radical (unpaired) electrons. The highest BCUT2D eigenvalue weighted by molar-refractivity contribution is 5.35. The van der Waals surface area contributed by atoms with E-state index < -0.39 is 5.41 Å². The van der Waals surface area contributed by atoms with Crippen LogP contribution in [0.25, 0.3) is 5.65 Å². The van der Waals surface area contributed by atoms with Gasteiger partial charge in [-0.1, -0.05) is 36.4 Å². The van der Waals surface area contributed by atoms with Gasteiger partial charge < -0.3 is 5.32 Å². The molecule has 2 unspecified atom stereocenters. The Hall–Kier alpha value is -2.91. The summed E-state index contributed by atoms with van der Waals surface area (Å²) in [5.74, 6) is 0. The van der Waals surface area contributed by atoms with E-state index in [9.17, 15) is 10.1 Å². The Kier molecular flexibility index (Phi) is 4.31. The molecule has 1 fully saturated rings. The van der Waals surface area contributed by atoms with Crippen molar-refractivity contribution in [3.8, 4) is 6.07 Å². The molecule has 0 bridgehead atoms. The van der Waals surface area contributed by atoms with Gasteiger partial charge in [-0.2, -0.15) is 5.26 Å². The third-order valence-electron chi connectivity index (χ3n) is 5.30. The van der Waals surface area contributed by atoms with E-state index in [-0.39, 0.29) is 11.7 Å². The second-order valence-electron chi connectivity index (χ2n) is 6.89. The Morgan fingerprint density at radius 2 is 2.04 bits per heavy atom. The number of nitrogens with one attached hydrogen (secondary N) is 1. The van der Waals surface area contributed by atoms with Crippen LogP contribution in [0.1, 0.15) is 24.8 Å². The average Bonchev–Trinajstić information content (AvgIpc) is 3.25. The zero-order valence-electron chi connectivity index (χ0n) is 14.5. The number of nitrogens with zero attached hydrogens (tertiary/aromatic N) is 4. The molecule has 4 rings (SSSR count). The molecule has 3 aromatic rings. The molecule has 1 aliphatic carbocycles. The predicted octanol–water partition coefficient (Wildman–Crippen LogP) is 2.10. The summed E-state index contributed by atoms with van der Waals surface area (Å²) < 4.78 is 3.04. The van der Waals surface area contributed by atoms with Crippen molar-refractivity contribution >= 4 is 5.65 Å². The van der Waals surface area contributed by atoms with Crippen LogP contribution in [0.4, 0.5) is 0 Å². The van der Waals surface area contributed by atoms with Crippen molar-refractivity contribution < 1.29 is 0 Å². The molecule has 1 aromatic carbocycles. The van der Waals surface area contributed by atoms with Gasteiger partial charge in [0.15, 0.2) is 5.65 Å². The minimum absolute atomic E-state index is 0.121. The largest absolute Gasteiger partial charge is 0.350 e. The van der Waals surface area contributed by atoms with E-state index in [1.807, 2.05) is 48.5 Å². The SMILES string of the molecule is N#CC1(c2ccccc2)CCC(NCCn2nc3ccccn3c2=O)C1. The van der Waals surface area contributed by atoms with Crippen molar-refractivity contribution in [2.75, 3.05) is 6.54 Å². The fourth-order valence-electron chi connectivity index (χ4n) is 3.89. The lowest BCUT2D eigenvalue weighted by atomic mass is 9.80. The zero-order valence-corrected chi connectivity index (χ0v) is 14.5. The van der Waals surface area contributed by atoms with Crippen LogP contribution in [0.15, 0.2) is 59.5 Å². The molecule has 2 heterocycles. The van der Waals surface area contributed by atoms with Gasteiger partial charge >= 0.3 is 5.69 Å². The lowest BCUT2D eigenvalue weighted by Gasteiger charge is -2.21. The van der Waals surface area contributed by atoms with E-state index >= 15 is 0 Å². The topological polar surface area (TPSA) is 75.1 Å². The second kappa shape index (κ2) is 6.77. The standard InChI is InChI=1S/C20H21N5O/c21-15-20(16-6-2-1-3-7-16)10-9-17(14-20)22-11-13-25-19(26)24-12-5-4-8-18(24)23-25/h1-8,12,17,22H,9-11,13-14H2. The lowest BCUT2D eigenvalue weighted by Crippen LogP contribution is -2.34. The van der Waals surface area contributed by atoms with Gasteiger partial charge in [-0.05, 0) is 37.0 Å². The molecule has 0 amide bonds. The highest BCUT2D eigenvalue weighted by Gasteiger charge is 2.40. The van der Waals surface area contributed by atoms with Gasteiger partial charge in [0.1, 0.15) is 0 Å². The van der Waals surface area contributed by atoms with Crippen molar-refractivity contribution in [1.29, 1.82) is 5.26 Å². The van der Waals surface area contributed by atoms with Crippen LogP contribution in [0.5, 0.6) is 0 Å². The molecule has 0 aliphatic heterocycles. The highest BCUT2D eigenvalue weighted by Crippen LogP contribution is 2.40. The predicted molar refractivity (Wildman–Crippen MR) is 98.8 cm³/mol. The van der Waals surface area contributed by atoms with Gasteiger partial charge in [-0.15, -0.1) is 5.10 Å². The van der Waals surface area contributed by atoms with Crippen LogP contribution in [-0.2, 0) is 12.0 Å². The lowest BCUT2D eigenvalue weighted by molar-refractivity contribution is 0.459. The second-order valence-corrected chi connectivity index (χ2v) is 6.89. The minimum atomic E-state index is -0.404. The van der Waals surface area contributed by atoms with Gasteiger partial charge in [0, 0.05) is 18.8 Å². The number of rotatable bonds is 5. The molecule has 6 nitrogen and oxygen atoms in total. The van der Waals surface area contributed by atoms with Gasteiger partial charge in [0.25, 0.3) is 0 Å². The van der Waals surface area contributed by atoms with Crippen molar-refractivity contribution in [2.45, 2.75) is 37.3 Å². The first kappa shape index (κ1) is 16.6. The molecule has 6 heteroatoms. The monoisotopic (exact) mass is 347 g/mol. The first-order valence-electron chi connectivity index (χ1n) is 8.96. The Morgan fingerprint density at radius 1 is 1.23 bits per heavy atom. The molecular weight excluding hydrogens is 326 g/mol. The van der Waals surface area contributed by atoms with Crippen molar-refractivity contribution in [1.82, 2.24) is 19.5 Å². The fourth-order valence-corrected chi connectivity index (χ4v) is 3.89. The maximum Gasteiger partial charge on any atom is 0.350 e. The fraction of sp³-hybridized carbons (Fsp3) is 0.350. The summed E-state index contributed by atoms with van der Waals surface area (Å²) in [7, 11) is 0. The van der Waals surface area contributed by atoms with Gasteiger partial charge in [0.2, 0.25) is 0 Å². The number of hydrogen-bond acceptors (Lipinski definition) is 4. The van der Waals surface area contributed by atoms with Crippen molar-refractivity contribution in [2.24, 2.45) is 0 Å². The van der Waals surface area contributed by atoms with Crippen LogP contribution < -0.4 is 11.0 Å². The Balaban J connectivity index is 1.39. The number of nitriles is 1. The van der Waals surface area contributed by atoms with Crippen LogP contribution >= 0.6 is 0 Å². The molecular formula is C20H21N5O. The number of pyridine rings is 1. The maximum atomic E-state index is 12.3. The molecule has 1 aliphatic rings. The van der Waals surface area contributed by atoms with Crippen LogP contribution in [-0.4, -0.2) is 26.8 Å². The summed E-state index contributed by atoms with van der Waals surface area (Å²) in [6.45, 7) is 1.17. The van der Waals surface area contributed by atoms with Gasteiger partial charge in [-0.3, -0.25) is 4.40 Å². The van der Waals surface area contributed by atoms with Gasteiger partial charge in [0.05, 0.1) is 18.0 Å². The Labute approximate surface area is 151 Å². The smallest absolute Gasteiger partial charge is 0.312 e. The van der Waals surface area contributed by atoms with E-state index in [0.29, 0.717) is 18.7 Å². The van der Waals surface area contributed by atoms with E-state index in [1.165, 1.54) is 4.68 Å². The van der Waals surface area contributed by atoms with Crippen LogP contribution in [0, 0.1) is 11.3 Å². The summed E-state index contributed by atoms with van der Waals surface area (Å²) in [6, 6.07) is 18.4. The quantitative estimate of drug-likeness (QED) is 0.767. The Bertz CT molecular complexity index is 1000. The minimum Gasteiger partial charge on any atom is -0.312 e. The molecule has 2 atom stereocenters. The normalized spacial score (nSPS) is 22.5. The summed E-state index contributed by atoms with van der Waals surface area (Å²) in [4.78, 5) is 12.3. The van der Waals surface area contributed by atoms with Crippen LogP contribution in [0.3, 0.4) is 0 Å². The van der Waals surface area contributed by atoms with E-state index in [2.05, 4.69) is 16.5 Å². The van der Waals surface area contributed by atoms with Crippen molar-refractivity contribution in [3.63, 3.8) is 0 Å². The van der Waals surface area contributed by atoms with E-state index in [1.54, 1.807) is 10.6 Å². The number of fused-ring (bicyclic) bond motifs is 1. The third kappa shape index (κ3) is 2.91. The molecule has 0 spiro atoms. The van der Waals surface area contributed by atoms with Gasteiger partial charge in [-0.25, -0.2) is 9.48 Å².